The Hall–Kier alpha value is -6.71. The second kappa shape index (κ2) is 24.2. The van der Waals surface area contributed by atoms with Crippen molar-refractivity contribution >= 4 is 39.6 Å². The van der Waals surface area contributed by atoms with E-state index in [1.807, 2.05) is 58.3 Å². The van der Waals surface area contributed by atoms with Crippen molar-refractivity contribution in [2.24, 2.45) is 11.8 Å². The summed E-state index contributed by atoms with van der Waals surface area (Å²) < 4.78 is 11.3. The van der Waals surface area contributed by atoms with E-state index in [4.69, 9.17) is 29.8 Å². The van der Waals surface area contributed by atoms with Gasteiger partial charge in [-0.05, 0) is 118 Å². The van der Waals surface area contributed by atoms with E-state index in [1.54, 1.807) is 14.2 Å². The third-order valence-electron chi connectivity index (χ3n) is 13.9. The van der Waals surface area contributed by atoms with Crippen LogP contribution in [0.1, 0.15) is 81.8 Å². The van der Waals surface area contributed by atoms with Gasteiger partial charge in [0.1, 0.15) is 29.2 Å². The molecule has 2 saturated heterocycles. The lowest BCUT2D eigenvalue weighted by Gasteiger charge is -2.32. The molecule has 4 aliphatic heterocycles. The van der Waals surface area contributed by atoms with E-state index in [0.29, 0.717) is 47.6 Å². The Morgan fingerprint density at radius 1 is 0.614 bits per heavy atom. The molecule has 2 aromatic heterocycles. The van der Waals surface area contributed by atoms with Gasteiger partial charge in [-0.25, -0.2) is 19.7 Å². The molecule has 0 saturated carbocycles. The number of rotatable bonds is 15. The van der Waals surface area contributed by atoms with E-state index < -0.39 is 5.97 Å². The fourth-order valence-electron chi connectivity index (χ4n) is 10.2. The Morgan fingerprint density at radius 2 is 1.01 bits per heavy atom. The van der Waals surface area contributed by atoms with Gasteiger partial charge in [0.2, 0.25) is 0 Å². The molecular formula is C56H64N6O8. The average molecular weight is 949 g/mol. The highest BCUT2D eigenvalue weighted by Crippen LogP contribution is 2.38. The van der Waals surface area contributed by atoms with Crippen LogP contribution in [0.4, 0.5) is 0 Å². The van der Waals surface area contributed by atoms with Crippen molar-refractivity contribution in [3.05, 3.63) is 155 Å². The second-order valence-electron chi connectivity index (χ2n) is 18.4. The molecular weight excluding hydrogens is 885 g/mol. The van der Waals surface area contributed by atoms with E-state index in [2.05, 4.69) is 75.4 Å². The first-order valence-electron chi connectivity index (χ1n) is 24.4. The normalized spacial score (nSPS) is 16.5. The summed E-state index contributed by atoms with van der Waals surface area (Å²) in [5.41, 5.74) is 7.54. The lowest BCUT2D eigenvalue weighted by molar-refractivity contribution is -0.231. The largest absolute Gasteiger partial charge is 0.495 e. The van der Waals surface area contributed by atoms with Crippen molar-refractivity contribution in [1.29, 1.82) is 0 Å². The maximum absolute atomic E-state index is 13.1. The lowest BCUT2D eigenvalue weighted by atomic mass is 9.93. The number of carbonyl (C=O) groups excluding carboxylic acids is 2. The molecule has 6 heterocycles. The zero-order chi connectivity index (χ0) is 48.8. The molecule has 4 aliphatic rings. The number of amides is 2. The first-order valence-corrected chi connectivity index (χ1v) is 24.4. The number of fused-ring (bicyclic) bond motifs is 4. The smallest absolute Gasteiger partial charge is 0.328 e. The van der Waals surface area contributed by atoms with Crippen molar-refractivity contribution in [2.45, 2.75) is 64.7 Å². The van der Waals surface area contributed by atoms with Crippen LogP contribution >= 0.6 is 0 Å². The van der Waals surface area contributed by atoms with E-state index in [1.165, 1.54) is 42.9 Å². The molecule has 14 nitrogen and oxygen atoms in total. The Labute approximate surface area is 410 Å². The molecule has 2 N–H and O–H groups in total. The topological polar surface area (TPSA) is 158 Å². The van der Waals surface area contributed by atoms with Crippen LogP contribution < -0.4 is 9.47 Å². The van der Waals surface area contributed by atoms with Gasteiger partial charge in [-0.2, -0.15) is 0 Å². The zero-order valence-corrected chi connectivity index (χ0v) is 40.2. The minimum atomic E-state index is -1.05. The SMILES string of the molecule is COc1c2c(nc3ccccc13)CN(CCC1CCN(Cc3ccccc3)CC1)C2=O.COc1c2c(nc3ccccc13)CN(CCC1CCN(Cc3ccccc3)CC1)C2=O.O=C(O)/C=C/COO. The maximum Gasteiger partial charge on any atom is 0.328 e. The monoisotopic (exact) mass is 948 g/mol. The molecule has 366 valence electrons. The molecule has 0 bridgehead atoms. The predicted molar refractivity (Wildman–Crippen MR) is 270 cm³/mol. The minimum absolute atomic E-state index is 0.0617. The molecule has 0 unspecified atom stereocenters. The highest BCUT2D eigenvalue weighted by Gasteiger charge is 2.35. The van der Waals surface area contributed by atoms with Crippen LogP contribution in [0.2, 0.25) is 0 Å². The molecule has 0 atom stereocenters. The van der Waals surface area contributed by atoms with E-state index in [-0.39, 0.29) is 18.4 Å². The van der Waals surface area contributed by atoms with E-state index in [9.17, 15) is 14.4 Å². The van der Waals surface area contributed by atoms with Crippen LogP contribution in [0.3, 0.4) is 0 Å². The molecule has 6 aromatic rings. The van der Waals surface area contributed by atoms with Gasteiger partial charge in [0.15, 0.2) is 0 Å². The van der Waals surface area contributed by atoms with Gasteiger partial charge in [-0.1, -0.05) is 84.9 Å². The Morgan fingerprint density at radius 3 is 1.40 bits per heavy atom. The van der Waals surface area contributed by atoms with Crippen molar-refractivity contribution in [2.75, 3.05) is 60.1 Å². The fraction of sp³-hybridized carbons (Fsp3) is 0.375. The molecule has 0 aliphatic carbocycles. The van der Waals surface area contributed by atoms with Gasteiger partial charge in [0.25, 0.3) is 11.8 Å². The van der Waals surface area contributed by atoms with Crippen molar-refractivity contribution < 1.29 is 39.1 Å². The fourth-order valence-corrected chi connectivity index (χ4v) is 10.2. The number of pyridine rings is 2. The number of hydrogen-bond donors (Lipinski definition) is 2. The van der Waals surface area contributed by atoms with Gasteiger partial charge in [0.05, 0.1) is 49.7 Å². The standard InChI is InChI=1S/2C26H29N3O2.C4H6O4/c2*1-31-25-21-9-5-6-10-22(21)27-23-18-29(26(30)24(23)25)16-13-19-11-14-28(15-12-19)17-20-7-3-2-4-8-20;5-4(6)2-1-3-8-7/h2*2-10,19H,11-18H2,1H3;1-2,7H,3H2,(H,5,6)/b;;2-1+. The summed E-state index contributed by atoms with van der Waals surface area (Å²) in [6.45, 7) is 9.26. The van der Waals surface area contributed by atoms with E-state index >= 15 is 0 Å². The van der Waals surface area contributed by atoms with Gasteiger partial charge in [0, 0.05) is 43.0 Å². The zero-order valence-electron chi connectivity index (χ0n) is 40.2. The van der Waals surface area contributed by atoms with Crippen LogP contribution in [0.5, 0.6) is 11.5 Å². The first kappa shape index (κ1) is 49.7. The molecule has 70 heavy (non-hydrogen) atoms. The van der Waals surface area contributed by atoms with E-state index in [0.717, 1.165) is 104 Å². The van der Waals surface area contributed by atoms with Gasteiger partial charge < -0.3 is 24.4 Å². The number of carboxylic acids is 1. The number of methoxy groups -OCH3 is 2. The number of nitrogens with zero attached hydrogens (tertiary/aromatic N) is 6. The third-order valence-corrected chi connectivity index (χ3v) is 13.9. The average Bonchev–Trinajstić information content (AvgIpc) is 3.88. The number of para-hydroxylation sites is 2. The van der Waals surface area contributed by atoms with Gasteiger partial charge in [-0.3, -0.25) is 24.6 Å². The highest BCUT2D eigenvalue weighted by atomic mass is 17.1. The molecule has 2 fully saturated rings. The van der Waals surface area contributed by atoms with Crippen molar-refractivity contribution in [3.8, 4) is 11.5 Å². The number of hydrogen-bond acceptors (Lipinski definition) is 11. The Balaban J connectivity index is 0.000000163. The molecule has 2 amide bonds. The summed E-state index contributed by atoms with van der Waals surface area (Å²) in [5, 5.41) is 17.4. The van der Waals surface area contributed by atoms with Crippen LogP contribution in [0, 0.1) is 11.8 Å². The number of carbonyl (C=O) groups is 3. The number of benzene rings is 4. The molecule has 14 heteroatoms. The molecule has 0 spiro atoms. The number of ether oxygens (including phenoxy) is 2. The van der Waals surface area contributed by atoms with Crippen LogP contribution in [-0.2, 0) is 35.9 Å². The van der Waals surface area contributed by atoms with Crippen molar-refractivity contribution in [1.82, 2.24) is 29.6 Å². The number of aromatic nitrogens is 2. The summed E-state index contributed by atoms with van der Waals surface area (Å²) in [4.78, 5) is 58.0. The quantitative estimate of drug-likeness (QED) is 0.0573. The van der Waals surface area contributed by atoms with Crippen molar-refractivity contribution in [3.63, 3.8) is 0 Å². The summed E-state index contributed by atoms with van der Waals surface area (Å²) in [5.74, 6) is 1.76. The van der Waals surface area contributed by atoms with Gasteiger partial charge in [-0.15, -0.1) is 0 Å². The first-order chi connectivity index (χ1) is 34.2. The Bertz CT molecular complexity index is 2560. The summed E-state index contributed by atoms with van der Waals surface area (Å²) >= 11 is 0. The van der Waals surface area contributed by atoms with Crippen LogP contribution in [0.15, 0.2) is 121 Å². The number of likely N-dealkylation sites (tertiary alicyclic amines) is 2. The summed E-state index contributed by atoms with van der Waals surface area (Å²) in [7, 11) is 3.28. The third kappa shape index (κ3) is 12.4. The maximum atomic E-state index is 13.1. The number of carboxylic acid groups (broad SMARTS) is 1. The lowest BCUT2D eigenvalue weighted by Crippen LogP contribution is -2.35. The number of aliphatic carboxylic acids is 1. The van der Waals surface area contributed by atoms with Crippen LogP contribution in [0.25, 0.3) is 21.8 Å². The Kier molecular flexibility index (Phi) is 17.2. The van der Waals surface area contributed by atoms with Crippen LogP contribution in [-0.4, -0.2) is 118 Å². The second-order valence-corrected chi connectivity index (χ2v) is 18.4. The minimum Gasteiger partial charge on any atom is -0.495 e. The summed E-state index contributed by atoms with van der Waals surface area (Å²) in [6.07, 6.45) is 8.99. The predicted octanol–water partition coefficient (Wildman–Crippen LogP) is 9.12. The summed E-state index contributed by atoms with van der Waals surface area (Å²) in [6, 6.07) is 37.2. The molecule has 0 radical (unpaired) electrons. The molecule has 10 rings (SSSR count). The van der Waals surface area contributed by atoms with Gasteiger partial charge >= 0.3 is 5.97 Å². The highest BCUT2D eigenvalue weighted by molar-refractivity contribution is 6.06. The number of piperidine rings is 2. The molecule has 4 aromatic carbocycles.